The van der Waals surface area contributed by atoms with Gasteiger partial charge in [-0.15, -0.1) is 11.8 Å². The van der Waals surface area contributed by atoms with Crippen molar-refractivity contribution < 1.29 is 15.0 Å². The maximum atomic E-state index is 11.0. The fraction of sp³-hybridized carbons (Fsp3) is 0.875. The molecular weight excluding hydrogens is 190 g/mol. The topological polar surface area (TPSA) is 69.6 Å². The summed E-state index contributed by atoms with van der Waals surface area (Å²) in [5.41, 5.74) is 0. The Morgan fingerprint density at radius 2 is 2.15 bits per heavy atom. The van der Waals surface area contributed by atoms with E-state index in [1.807, 2.05) is 6.92 Å². The lowest BCUT2D eigenvalue weighted by molar-refractivity contribution is -0.118. The minimum absolute atomic E-state index is 0.0252. The monoisotopic (exact) mass is 207 g/mol. The molecule has 0 aromatic heterocycles. The second-order valence-corrected chi connectivity index (χ2v) is 4.13. The smallest absolute Gasteiger partial charge is 0.230 e. The van der Waals surface area contributed by atoms with E-state index in [9.17, 15) is 4.79 Å². The Kier molecular flexibility index (Phi) is 8.18. The van der Waals surface area contributed by atoms with Gasteiger partial charge in [0.1, 0.15) is 0 Å². The van der Waals surface area contributed by atoms with Gasteiger partial charge in [0, 0.05) is 18.4 Å². The van der Waals surface area contributed by atoms with Crippen LogP contribution in [0.1, 0.15) is 13.3 Å². The van der Waals surface area contributed by atoms with Crippen LogP contribution in [0.3, 0.4) is 0 Å². The zero-order valence-electron chi connectivity index (χ0n) is 7.82. The van der Waals surface area contributed by atoms with Gasteiger partial charge in [0.05, 0.1) is 12.4 Å². The molecule has 1 atom stereocenters. The third-order valence-corrected chi connectivity index (χ3v) is 2.70. The van der Waals surface area contributed by atoms with Crippen molar-refractivity contribution in [1.29, 1.82) is 0 Å². The fourth-order valence-corrected chi connectivity index (χ4v) is 1.54. The van der Waals surface area contributed by atoms with Gasteiger partial charge < -0.3 is 15.5 Å². The van der Waals surface area contributed by atoms with E-state index in [4.69, 9.17) is 10.2 Å². The molecule has 0 heterocycles. The van der Waals surface area contributed by atoms with Crippen LogP contribution in [0.4, 0.5) is 0 Å². The Hall–Kier alpha value is -0.260. The van der Waals surface area contributed by atoms with E-state index in [1.165, 1.54) is 11.8 Å². The number of aliphatic hydroxyl groups is 2. The molecule has 0 bridgehead atoms. The number of carbonyl (C=O) groups excluding carboxylic acids is 1. The van der Waals surface area contributed by atoms with E-state index in [0.717, 1.165) is 0 Å². The summed E-state index contributed by atoms with van der Waals surface area (Å²) in [4.78, 5) is 11.0. The number of thioether (sulfide) groups is 1. The van der Waals surface area contributed by atoms with Crippen molar-refractivity contribution in [2.75, 3.05) is 25.5 Å². The summed E-state index contributed by atoms with van der Waals surface area (Å²) < 4.78 is 0. The van der Waals surface area contributed by atoms with Crippen molar-refractivity contribution >= 4 is 17.7 Å². The molecule has 1 unspecified atom stereocenters. The third kappa shape index (κ3) is 8.08. The van der Waals surface area contributed by atoms with Crippen LogP contribution in [-0.2, 0) is 4.79 Å². The molecule has 3 N–H and O–H groups in total. The molecule has 0 aliphatic carbocycles. The van der Waals surface area contributed by atoms with Gasteiger partial charge in [-0.3, -0.25) is 4.79 Å². The minimum Gasteiger partial charge on any atom is -0.396 e. The SMILES string of the molecule is CC(CCO)SCC(=O)NCCO. The Bertz CT molecular complexity index is 143. The number of hydrogen-bond donors (Lipinski definition) is 3. The van der Waals surface area contributed by atoms with Crippen LogP contribution < -0.4 is 5.32 Å². The zero-order chi connectivity index (χ0) is 10.1. The number of amides is 1. The Balaban J connectivity index is 3.34. The first-order valence-corrected chi connectivity index (χ1v) is 5.35. The van der Waals surface area contributed by atoms with E-state index < -0.39 is 0 Å². The van der Waals surface area contributed by atoms with Crippen LogP contribution >= 0.6 is 11.8 Å². The van der Waals surface area contributed by atoms with Crippen molar-refractivity contribution in [2.45, 2.75) is 18.6 Å². The van der Waals surface area contributed by atoms with Crippen LogP contribution in [0.5, 0.6) is 0 Å². The first kappa shape index (κ1) is 12.7. The average Bonchev–Trinajstić information content (AvgIpc) is 2.12. The van der Waals surface area contributed by atoms with Gasteiger partial charge in [-0.1, -0.05) is 6.92 Å². The molecule has 0 aliphatic rings. The largest absolute Gasteiger partial charge is 0.396 e. The van der Waals surface area contributed by atoms with E-state index in [2.05, 4.69) is 5.32 Å². The Morgan fingerprint density at radius 1 is 1.46 bits per heavy atom. The van der Waals surface area contributed by atoms with Gasteiger partial charge in [0.2, 0.25) is 5.91 Å². The lowest BCUT2D eigenvalue weighted by Gasteiger charge is -2.08. The molecule has 0 radical (unpaired) electrons. The number of hydrogen-bond acceptors (Lipinski definition) is 4. The second kappa shape index (κ2) is 8.34. The predicted molar refractivity (Wildman–Crippen MR) is 53.7 cm³/mol. The minimum atomic E-state index is -0.0659. The molecule has 78 valence electrons. The van der Waals surface area contributed by atoms with Gasteiger partial charge in [0.25, 0.3) is 0 Å². The molecule has 0 aromatic carbocycles. The summed E-state index contributed by atoms with van der Waals surface area (Å²) in [6, 6.07) is 0. The predicted octanol–water partition coefficient (Wildman–Crippen LogP) is -0.401. The third-order valence-electron chi connectivity index (χ3n) is 1.47. The zero-order valence-corrected chi connectivity index (χ0v) is 8.64. The number of nitrogens with one attached hydrogen (secondary N) is 1. The van der Waals surface area contributed by atoms with Crippen LogP contribution in [0, 0.1) is 0 Å². The van der Waals surface area contributed by atoms with E-state index in [-0.39, 0.29) is 19.1 Å². The molecule has 5 heteroatoms. The number of carbonyl (C=O) groups is 1. The molecule has 0 rings (SSSR count). The molecule has 0 saturated carbocycles. The van der Waals surface area contributed by atoms with Crippen LogP contribution in [0.25, 0.3) is 0 Å². The first-order valence-electron chi connectivity index (χ1n) is 4.30. The summed E-state index contributed by atoms with van der Waals surface area (Å²) in [6.45, 7) is 2.42. The van der Waals surface area contributed by atoms with E-state index >= 15 is 0 Å². The molecule has 0 fully saturated rings. The van der Waals surface area contributed by atoms with Gasteiger partial charge in [-0.2, -0.15) is 0 Å². The highest BCUT2D eigenvalue weighted by molar-refractivity contribution is 8.00. The fourth-order valence-electron chi connectivity index (χ4n) is 0.729. The van der Waals surface area contributed by atoms with E-state index in [1.54, 1.807) is 0 Å². The number of aliphatic hydroxyl groups excluding tert-OH is 2. The highest BCUT2D eigenvalue weighted by atomic mass is 32.2. The molecule has 0 saturated heterocycles. The molecule has 13 heavy (non-hydrogen) atoms. The van der Waals surface area contributed by atoms with Gasteiger partial charge >= 0.3 is 0 Å². The van der Waals surface area contributed by atoms with Crippen molar-refractivity contribution in [3.8, 4) is 0 Å². The maximum Gasteiger partial charge on any atom is 0.230 e. The van der Waals surface area contributed by atoms with Crippen molar-refractivity contribution in [3.63, 3.8) is 0 Å². The Morgan fingerprint density at radius 3 is 2.69 bits per heavy atom. The molecule has 0 spiro atoms. The molecule has 4 nitrogen and oxygen atoms in total. The van der Waals surface area contributed by atoms with Gasteiger partial charge in [-0.25, -0.2) is 0 Å². The maximum absolute atomic E-state index is 11.0. The number of rotatable bonds is 7. The van der Waals surface area contributed by atoms with Crippen molar-refractivity contribution in [3.05, 3.63) is 0 Å². The van der Waals surface area contributed by atoms with Crippen molar-refractivity contribution in [1.82, 2.24) is 5.32 Å². The van der Waals surface area contributed by atoms with Crippen LogP contribution in [-0.4, -0.2) is 46.9 Å². The van der Waals surface area contributed by atoms with Crippen LogP contribution in [0.15, 0.2) is 0 Å². The summed E-state index contributed by atoms with van der Waals surface area (Å²) in [6.07, 6.45) is 0.706. The summed E-state index contributed by atoms with van der Waals surface area (Å²) in [5.74, 6) is 0.324. The Labute approximate surface area is 82.7 Å². The lowest BCUT2D eigenvalue weighted by Crippen LogP contribution is -2.28. The highest BCUT2D eigenvalue weighted by Crippen LogP contribution is 2.12. The standard InChI is InChI=1S/C8H17NO3S/c1-7(2-4-10)13-6-8(12)9-3-5-11/h7,10-11H,2-6H2,1H3,(H,9,12). The average molecular weight is 207 g/mol. The van der Waals surface area contributed by atoms with Crippen LogP contribution in [0.2, 0.25) is 0 Å². The summed E-state index contributed by atoms with van der Waals surface area (Å²) >= 11 is 1.51. The summed E-state index contributed by atoms with van der Waals surface area (Å²) in [7, 11) is 0. The van der Waals surface area contributed by atoms with E-state index in [0.29, 0.717) is 24.0 Å². The quantitative estimate of drug-likeness (QED) is 0.531. The summed E-state index contributed by atoms with van der Waals surface area (Å²) in [5, 5.41) is 19.9. The molecule has 0 aliphatic heterocycles. The first-order chi connectivity index (χ1) is 6.20. The van der Waals surface area contributed by atoms with Crippen molar-refractivity contribution in [2.24, 2.45) is 0 Å². The highest BCUT2D eigenvalue weighted by Gasteiger charge is 2.05. The lowest BCUT2D eigenvalue weighted by atomic mass is 10.3. The molecule has 1 amide bonds. The molecule has 0 aromatic rings. The van der Waals surface area contributed by atoms with Gasteiger partial charge in [0.15, 0.2) is 0 Å². The normalized spacial score (nSPS) is 12.5. The second-order valence-electron chi connectivity index (χ2n) is 2.71. The van der Waals surface area contributed by atoms with Gasteiger partial charge in [-0.05, 0) is 6.42 Å². The molecular formula is C8H17NO3S.